The van der Waals surface area contributed by atoms with E-state index in [9.17, 15) is 5.26 Å². The minimum atomic E-state index is 0.400. The number of rotatable bonds is 3. The predicted octanol–water partition coefficient (Wildman–Crippen LogP) is 5.70. The summed E-state index contributed by atoms with van der Waals surface area (Å²) in [7, 11) is 0. The molecular weight excluding hydrogens is 350 g/mol. The molecule has 0 saturated carbocycles. The number of aromatic nitrogens is 2. The van der Waals surface area contributed by atoms with Gasteiger partial charge in [0.05, 0.1) is 28.5 Å². The lowest BCUT2D eigenvalue weighted by atomic mass is 9.75. The Morgan fingerprint density at radius 3 is 2.78 bits per heavy atom. The van der Waals surface area contributed by atoms with Gasteiger partial charge in [0.1, 0.15) is 0 Å². The smallest absolute Gasteiger partial charge is 0.0998 e. The molecule has 2 aromatic heterocycles. The van der Waals surface area contributed by atoms with E-state index >= 15 is 0 Å². The second kappa shape index (κ2) is 7.46. The lowest BCUT2D eigenvalue weighted by Gasteiger charge is -2.31. The largest absolute Gasteiger partial charge is 0.256 e. The zero-order valence-electron chi connectivity index (χ0n) is 15.5. The van der Waals surface area contributed by atoms with Crippen molar-refractivity contribution in [3.63, 3.8) is 0 Å². The number of allylic oxidation sites excluding steroid dienone is 1. The van der Waals surface area contributed by atoms with Crippen molar-refractivity contribution in [2.24, 2.45) is 11.8 Å². The summed E-state index contributed by atoms with van der Waals surface area (Å²) in [6.45, 7) is 4.64. The fourth-order valence-electron chi connectivity index (χ4n) is 3.75. The van der Waals surface area contributed by atoms with Crippen molar-refractivity contribution >= 4 is 17.4 Å². The van der Waals surface area contributed by atoms with Gasteiger partial charge in [-0.15, -0.1) is 11.3 Å². The molecule has 2 heterocycles. The number of benzene rings is 1. The summed E-state index contributed by atoms with van der Waals surface area (Å²) in [6, 6.07) is 13.9. The van der Waals surface area contributed by atoms with Crippen molar-refractivity contribution in [1.29, 1.82) is 5.26 Å². The van der Waals surface area contributed by atoms with E-state index < -0.39 is 0 Å². The van der Waals surface area contributed by atoms with Crippen molar-refractivity contribution in [2.75, 3.05) is 0 Å². The molecule has 1 aliphatic carbocycles. The minimum absolute atomic E-state index is 0.400. The molecule has 1 aromatic carbocycles. The van der Waals surface area contributed by atoms with E-state index in [4.69, 9.17) is 0 Å². The van der Waals surface area contributed by atoms with Crippen LogP contribution < -0.4 is 0 Å². The number of nitriles is 1. The first kappa shape index (κ1) is 17.6. The van der Waals surface area contributed by atoms with E-state index in [1.807, 2.05) is 48.1 Å². The third kappa shape index (κ3) is 3.43. The summed E-state index contributed by atoms with van der Waals surface area (Å²) < 4.78 is 0. The number of fused-ring (bicyclic) bond motifs is 1. The van der Waals surface area contributed by atoms with Crippen molar-refractivity contribution in [3.05, 3.63) is 76.0 Å². The summed E-state index contributed by atoms with van der Waals surface area (Å²) in [6.07, 6.45) is 7.32. The van der Waals surface area contributed by atoms with E-state index in [0.29, 0.717) is 23.3 Å². The molecule has 134 valence electrons. The number of hydrogen-bond acceptors (Lipinski definition) is 4. The Labute approximate surface area is 164 Å². The molecule has 0 radical (unpaired) electrons. The maximum atomic E-state index is 9.29. The number of thiazole rings is 1. The monoisotopic (exact) mass is 371 g/mol. The van der Waals surface area contributed by atoms with Gasteiger partial charge in [0.2, 0.25) is 0 Å². The molecule has 3 nitrogen and oxygen atoms in total. The van der Waals surface area contributed by atoms with Gasteiger partial charge in [-0.25, -0.2) is 4.98 Å². The second-order valence-electron chi connectivity index (χ2n) is 7.22. The highest BCUT2D eigenvalue weighted by molar-refractivity contribution is 7.09. The number of pyridine rings is 1. The molecule has 0 spiro atoms. The fourth-order valence-corrected chi connectivity index (χ4v) is 4.76. The molecule has 0 aliphatic heterocycles. The van der Waals surface area contributed by atoms with Gasteiger partial charge in [0, 0.05) is 28.1 Å². The van der Waals surface area contributed by atoms with Crippen LogP contribution >= 0.6 is 11.3 Å². The maximum Gasteiger partial charge on any atom is 0.0998 e. The van der Waals surface area contributed by atoms with Crippen molar-refractivity contribution < 1.29 is 0 Å². The lowest BCUT2D eigenvalue weighted by molar-refractivity contribution is 0.332. The quantitative estimate of drug-likeness (QED) is 0.593. The van der Waals surface area contributed by atoms with Crippen LogP contribution in [0.15, 0.2) is 54.2 Å². The molecule has 0 N–H and O–H groups in total. The normalized spacial score (nSPS) is 21.7. The Morgan fingerprint density at radius 2 is 2.00 bits per heavy atom. The standard InChI is InChI=1S/C23H21N3S/c1-15-11-22-23(27-14-26-22)20(16(15)2)10-9-19-8-7-18(13-25-19)21-6-4-3-5-17(21)12-24/h3-10,13-16,20H,11H2,1-2H3/b10-9+/t15-,16+,20-/m0/s1. The average molecular weight is 372 g/mol. The highest BCUT2D eigenvalue weighted by Crippen LogP contribution is 2.42. The van der Waals surface area contributed by atoms with Gasteiger partial charge in [-0.1, -0.05) is 44.2 Å². The first-order valence-electron chi connectivity index (χ1n) is 9.23. The molecule has 27 heavy (non-hydrogen) atoms. The second-order valence-corrected chi connectivity index (χ2v) is 8.10. The van der Waals surface area contributed by atoms with Crippen molar-refractivity contribution in [1.82, 2.24) is 9.97 Å². The lowest BCUT2D eigenvalue weighted by Crippen LogP contribution is -2.23. The molecule has 4 heteroatoms. The number of nitrogens with zero attached hydrogens (tertiary/aromatic N) is 3. The van der Waals surface area contributed by atoms with Crippen LogP contribution in [0.5, 0.6) is 0 Å². The fraction of sp³-hybridized carbons (Fsp3) is 0.261. The molecule has 3 aromatic rings. The molecule has 4 rings (SSSR count). The first-order chi connectivity index (χ1) is 13.2. The Balaban J connectivity index is 1.58. The van der Waals surface area contributed by atoms with Gasteiger partial charge in [0.25, 0.3) is 0 Å². The molecule has 1 aliphatic rings. The van der Waals surface area contributed by atoms with Gasteiger partial charge in [0.15, 0.2) is 0 Å². The zero-order chi connectivity index (χ0) is 18.8. The molecule has 0 saturated heterocycles. The van der Waals surface area contributed by atoms with Crippen LogP contribution in [0.4, 0.5) is 0 Å². The van der Waals surface area contributed by atoms with E-state index in [0.717, 1.165) is 23.2 Å². The Bertz CT molecular complexity index is 1010. The maximum absolute atomic E-state index is 9.29. The van der Waals surface area contributed by atoms with E-state index in [1.165, 1.54) is 10.6 Å². The first-order valence-corrected chi connectivity index (χ1v) is 10.1. The third-order valence-corrected chi connectivity index (χ3v) is 6.55. The Hall–Kier alpha value is -2.77. The molecule has 0 fully saturated rings. The van der Waals surface area contributed by atoms with Crippen molar-refractivity contribution in [3.8, 4) is 17.2 Å². The molecular formula is C23H21N3S. The molecule has 0 amide bonds. The van der Waals surface area contributed by atoms with Gasteiger partial charge in [-0.05, 0) is 36.5 Å². The number of hydrogen-bond donors (Lipinski definition) is 0. The zero-order valence-corrected chi connectivity index (χ0v) is 16.3. The van der Waals surface area contributed by atoms with Crippen molar-refractivity contribution in [2.45, 2.75) is 26.2 Å². The van der Waals surface area contributed by atoms with Crippen LogP contribution in [-0.4, -0.2) is 9.97 Å². The van der Waals surface area contributed by atoms with Gasteiger partial charge in [-0.2, -0.15) is 5.26 Å². The van der Waals surface area contributed by atoms with E-state index in [-0.39, 0.29) is 0 Å². The van der Waals surface area contributed by atoms with Crippen LogP contribution in [0.2, 0.25) is 0 Å². The SMILES string of the molecule is C[C@H]1[C@H](/C=C/c2ccc(-c3ccccc3C#N)cn2)c2scnc2C[C@@H]1C. The summed E-state index contributed by atoms with van der Waals surface area (Å²) in [4.78, 5) is 10.5. The predicted molar refractivity (Wildman–Crippen MR) is 110 cm³/mol. The third-order valence-electron chi connectivity index (χ3n) is 5.57. The highest BCUT2D eigenvalue weighted by atomic mass is 32.1. The Kier molecular flexibility index (Phi) is 4.87. The summed E-state index contributed by atoms with van der Waals surface area (Å²) in [5, 5.41) is 9.29. The molecule has 3 atom stereocenters. The van der Waals surface area contributed by atoms with Crippen LogP contribution in [0.25, 0.3) is 17.2 Å². The van der Waals surface area contributed by atoms with Gasteiger partial charge < -0.3 is 0 Å². The van der Waals surface area contributed by atoms with E-state index in [1.54, 1.807) is 11.3 Å². The van der Waals surface area contributed by atoms with Crippen LogP contribution in [0.3, 0.4) is 0 Å². The van der Waals surface area contributed by atoms with Crippen LogP contribution in [-0.2, 0) is 6.42 Å². The molecule has 0 unspecified atom stereocenters. The van der Waals surface area contributed by atoms with Gasteiger partial charge in [-0.3, -0.25) is 4.98 Å². The van der Waals surface area contributed by atoms with Crippen LogP contribution in [0, 0.1) is 23.2 Å². The Morgan fingerprint density at radius 1 is 1.15 bits per heavy atom. The molecule has 0 bridgehead atoms. The van der Waals surface area contributed by atoms with Gasteiger partial charge >= 0.3 is 0 Å². The summed E-state index contributed by atoms with van der Waals surface area (Å²) in [5.74, 6) is 1.63. The summed E-state index contributed by atoms with van der Waals surface area (Å²) >= 11 is 1.76. The van der Waals surface area contributed by atoms with E-state index in [2.05, 4.69) is 42.0 Å². The minimum Gasteiger partial charge on any atom is -0.256 e. The van der Waals surface area contributed by atoms with Crippen LogP contribution in [0.1, 0.15) is 41.6 Å². The summed E-state index contributed by atoms with van der Waals surface area (Å²) in [5.41, 5.74) is 6.73. The average Bonchev–Trinajstić information content (AvgIpc) is 3.16. The highest BCUT2D eigenvalue weighted by Gasteiger charge is 2.31. The topological polar surface area (TPSA) is 49.6 Å².